The number of hydrogen-bond acceptors (Lipinski definition) is 1. The Labute approximate surface area is 205 Å². The number of unbranched alkanes of at least 4 members (excludes halogenated alkanes) is 14. The summed E-state index contributed by atoms with van der Waals surface area (Å²) in [7, 11) is 0. The molecule has 2 aromatic rings. The van der Waals surface area contributed by atoms with Gasteiger partial charge < -0.3 is 4.74 Å². The Kier molecular flexibility index (Phi) is 15.5. The minimum atomic E-state index is 0.936. The quantitative estimate of drug-likeness (QED) is 0.182. The topological polar surface area (TPSA) is 9.23 Å². The number of ether oxygens (including phenoxy) is 1. The van der Waals surface area contributed by atoms with E-state index in [4.69, 9.17) is 4.74 Å². The molecule has 0 amide bonds. The van der Waals surface area contributed by atoms with Gasteiger partial charge in [0, 0.05) is 0 Å². The van der Waals surface area contributed by atoms with E-state index >= 15 is 0 Å². The van der Waals surface area contributed by atoms with E-state index in [1.54, 1.807) is 0 Å². The van der Waals surface area contributed by atoms with Crippen molar-refractivity contribution in [3.05, 3.63) is 59.7 Å². The van der Waals surface area contributed by atoms with E-state index in [0.29, 0.717) is 0 Å². The molecule has 0 aliphatic carbocycles. The van der Waals surface area contributed by atoms with Gasteiger partial charge in [0.1, 0.15) is 11.5 Å². The molecule has 0 unspecified atom stereocenters. The maximum atomic E-state index is 6.07. The monoisotopic (exact) mass is 450 g/mol. The average Bonchev–Trinajstić information content (AvgIpc) is 2.84. The molecule has 0 radical (unpaired) electrons. The molecule has 0 aromatic heterocycles. The number of rotatable bonds is 20. The standard InChI is InChI=1S/C32H50O/c1-3-5-7-9-11-13-15-17-19-29-21-25-31(26-22-29)33-32-27-23-30(24-28-32)20-18-16-14-12-10-8-6-4-2/h21-28H,3-20H2,1-2H3. The van der Waals surface area contributed by atoms with Gasteiger partial charge in [-0.3, -0.25) is 0 Å². The summed E-state index contributed by atoms with van der Waals surface area (Å²) >= 11 is 0. The fourth-order valence-corrected chi connectivity index (χ4v) is 4.51. The van der Waals surface area contributed by atoms with E-state index in [2.05, 4.69) is 62.4 Å². The number of benzene rings is 2. The highest BCUT2D eigenvalue weighted by Gasteiger charge is 2.01. The molecular formula is C32H50O. The van der Waals surface area contributed by atoms with Crippen LogP contribution >= 0.6 is 0 Å². The Morgan fingerprint density at radius 3 is 1.03 bits per heavy atom. The maximum absolute atomic E-state index is 6.07. The van der Waals surface area contributed by atoms with Crippen molar-refractivity contribution in [3.8, 4) is 11.5 Å². The SMILES string of the molecule is CCCCCCCCCCc1ccc(Oc2ccc(CCCCCCCCCC)cc2)cc1. The maximum Gasteiger partial charge on any atom is 0.127 e. The lowest BCUT2D eigenvalue weighted by Crippen LogP contribution is -1.90. The first-order valence-electron chi connectivity index (χ1n) is 14.2. The number of aryl methyl sites for hydroxylation is 2. The summed E-state index contributed by atoms with van der Waals surface area (Å²) in [5.74, 6) is 1.87. The third-order valence-electron chi connectivity index (χ3n) is 6.72. The zero-order chi connectivity index (χ0) is 23.4. The van der Waals surface area contributed by atoms with Crippen molar-refractivity contribution in [1.29, 1.82) is 0 Å². The van der Waals surface area contributed by atoms with Crippen LogP contribution in [0.2, 0.25) is 0 Å². The zero-order valence-electron chi connectivity index (χ0n) is 21.8. The van der Waals surface area contributed by atoms with Crippen LogP contribution in [0.4, 0.5) is 0 Å². The van der Waals surface area contributed by atoms with Crippen LogP contribution in [-0.4, -0.2) is 0 Å². The Morgan fingerprint density at radius 2 is 0.697 bits per heavy atom. The second kappa shape index (κ2) is 18.6. The van der Waals surface area contributed by atoms with Crippen LogP contribution in [0.1, 0.15) is 128 Å². The molecule has 2 rings (SSSR count). The molecule has 1 nitrogen and oxygen atoms in total. The predicted molar refractivity (Wildman–Crippen MR) is 146 cm³/mol. The lowest BCUT2D eigenvalue weighted by atomic mass is 10.0. The lowest BCUT2D eigenvalue weighted by molar-refractivity contribution is 0.482. The van der Waals surface area contributed by atoms with Crippen LogP contribution in [0.25, 0.3) is 0 Å². The molecule has 0 fully saturated rings. The fraction of sp³-hybridized carbons (Fsp3) is 0.625. The Balaban J connectivity index is 1.57. The summed E-state index contributed by atoms with van der Waals surface area (Å²) in [5.41, 5.74) is 2.85. The van der Waals surface area contributed by atoms with Crippen LogP contribution in [0.5, 0.6) is 11.5 Å². The van der Waals surface area contributed by atoms with Gasteiger partial charge in [-0.2, -0.15) is 0 Å². The van der Waals surface area contributed by atoms with Gasteiger partial charge in [-0.1, -0.05) is 128 Å². The second-order valence-corrected chi connectivity index (χ2v) is 9.84. The van der Waals surface area contributed by atoms with Crippen LogP contribution in [0, 0.1) is 0 Å². The molecule has 0 atom stereocenters. The molecule has 2 aromatic carbocycles. The van der Waals surface area contributed by atoms with E-state index in [-0.39, 0.29) is 0 Å². The van der Waals surface area contributed by atoms with Gasteiger partial charge in [0.2, 0.25) is 0 Å². The number of hydrogen-bond donors (Lipinski definition) is 0. The third kappa shape index (κ3) is 13.5. The van der Waals surface area contributed by atoms with Gasteiger partial charge in [0.05, 0.1) is 0 Å². The normalized spacial score (nSPS) is 11.1. The molecule has 0 N–H and O–H groups in total. The van der Waals surface area contributed by atoms with E-state index in [1.807, 2.05) is 0 Å². The molecule has 0 spiro atoms. The smallest absolute Gasteiger partial charge is 0.127 e. The van der Waals surface area contributed by atoms with E-state index in [0.717, 1.165) is 11.5 Å². The van der Waals surface area contributed by atoms with Crippen molar-refractivity contribution in [2.75, 3.05) is 0 Å². The summed E-state index contributed by atoms with van der Waals surface area (Å²) in [6.45, 7) is 4.57. The molecule has 0 aliphatic rings. The van der Waals surface area contributed by atoms with Crippen molar-refractivity contribution < 1.29 is 4.74 Å². The first-order chi connectivity index (χ1) is 16.3. The largest absolute Gasteiger partial charge is 0.457 e. The van der Waals surface area contributed by atoms with Crippen molar-refractivity contribution in [1.82, 2.24) is 0 Å². The Hall–Kier alpha value is -1.76. The van der Waals surface area contributed by atoms with Crippen LogP contribution in [0.15, 0.2) is 48.5 Å². The molecule has 0 aliphatic heterocycles. The van der Waals surface area contributed by atoms with Gasteiger partial charge in [-0.25, -0.2) is 0 Å². The van der Waals surface area contributed by atoms with Crippen molar-refractivity contribution in [2.45, 2.75) is 129 Å². The fourth-order valence-electron chi connectivity index (χ4n) is 4.51. The van der Waals surface area contributed by atoms with E-state index in [9.17, 15) is 0 Å². The summed E-state index contributed by atoms with van der Waals surface area (Å²) in [4.78, 5) is 0. The van der Waals surface area contributed by atoms with E-state index < -0.39 is 0 Å². The Morgan fingerprint density at radius 1 is 0.394 bits per heavy atom. The molecular weight excluding hydrogens is 400 g/mol. The van der Waals surface area contributed by atoms with Gasteiger partial charge >= 0.3 is 0 Å². The van der Waals surface area contributed by atoms with Gasteiger partial charge in [-0.15, -0.1) is 0 Å². The van der Waals surface area contributed by atoms with Crippen LogP contribution in [-0.2, 0) is 12.8 Å². The summed E-state index contributed by atoms with van der Waals surface area (Å²) in [5, 5.41) is 0. The van der Waals surface area contributed by atoms with Crippen molar-refractivity contribution in [2.24, 2.45) is 0 Å². The third-order valence-corrected chi connectivity index (χ3v) is 6.72. The second-order valence-electron chi connectivity index (χ2n) is 9.84. The van der Waals surface area contributed by atoms with Crippen LogP contribution in [0.3, 0.4) is 0 Å². The molecule has 0 saturated heterocycles. The summed E-state index contributed by atoms with van der Waals surface area (Å²) in [6, 6.07) is 17.4. The highest BCUT2D eigenvalue weighted by atomic mass is 16.5. The van der Waals surface area contributed by atoms with E-state index in [1.165, 1.54) is 127 Å². The van der Waals surface area contributed by atoms with Crippen molar-refractivity contribution >= 4 is 0 Å². The minimum absolute atomic E-state index is 0.936. The predicted octanol–water partition coefficient (Wildman–Crippen LogP) is 10.8. The lowest BCUT2D eigenvalue weighted by Gasteiger charge is -2.08. The molecule has 0 bridgehead atoms. The zero-order valence-corrected chi connectivity index (χ0v) is 21.8. The summed E-state index contributed by atoms with van der Waals surface area (Å²) in [6.07, 6.45) is 24.4. The first-order valence-corrected chi connectivity index (χ1v) is 14.2. The first kappa shape index (κ1) is 27.5. The molecule has 184 valence electrons. The van der Waals surface area contributed by atoms with Gasteiger partial charge in [0.25, 0.3) is 0 Å². The van der Waals surface area contributed by atoms with Gasteiger partial charge in [-0.05, 0) is 61.1 Å². The van der Waals surface area contributed by atoms with Crippen LogP contribution < -0.4 is 4.74 Å². The Bertz CT molecular complexity index is 624. The molecule has 0 saturated carbocycles. The highest BCUT2D eigenvalue weighted by Crippen LogP contribution is 2.23. The van der Waals surface area contributed by atoms with Gasteiger partial charge in [0.15, 0.2) is 0 Å². The molecule has 1 heteroatoms. The minimum Gasteiger partial charge on any atom is -0.457 e. The highest BCUT2D eigenvalue weighted by molar-refractivity contribution is 5.34. The summed E-state index contributed by atoms with van der Waals surface area (Å²) < 4.78 is 6.07. The van der Waals surface area contributed by atoms with Crippen molar-refractivity contribution in [3.63, 3.8) is 0 Å². The molecule has 33 heavy (non-hydrogen) atoms. The molecule has 0 heterocycles. The average molecular weight is 451 g/mol.